The predicted octanol–water partition coefficient (Wildman–Crippen LogP) is 3.72. The summed E-state index contributed by atoms with van der Waals surface area (Å²) in [6, 6.07) is 0. The Morgan fingerprint density at radius 1 is 0.778 bits per heavy atom. The van der Waals surface area contributed by atoms with Crippen molar-refractivity contribution in [1.82, 2.24) is 0 Å². The Morgan fingerprint density at radius 3 is 1.92 bits per heavy atom. The number of aliphatic hydroxyl groups is 2. The van der Waals surface area contributed by atoms with Crippen LogP contribution in [-0.2, 0) is 33.3 Å². The standard InChI is InChI=1S/C27H38O9/c1-32-14-17-6-20(34-3)12-21(7-17)36-5-4-35-16-19-10-26(30)23(27(31)11-19)13-22-24(28)8-18(15-33-2)9-25(22)29/h6-7,17-19,28,30H,4-5,8-16H2,1-3H3. The van der Waals surface area contributed by atoms with Crippen LogP contribution >= 0.6 is 0 Å². The molecule has 0 fully saturated rings. The van der Waals surface area contributed by atoms with Crippen LogP contribution in [-0.4, -0.2) is 76.1 Å². The number of methoxy groups -OCH3 is 3. The maximum atomic E-state index is 12.7. The predicted molar refractivity (Wildman–Crippen MR) is 131 cm³/mol. The average molecular weight is 507 g/mol. The minimum absolute atomic E-state index is 0.0124. The molecule has 0 aromatic heterocycles. The molecule has 0 aromatic rings. The molecule has 0 bridgehead atoms. The van der Waals surface area contributed by atoms with E-state index in [9.17, 15) is 19.8 Å². The Kier molecular flexibility index (Phi) is 10.6. The molecule has 0 heterocycles. The van der Waals surface area contributed by atoms with Crippen LogP contribution in [0.2, 0.25) is 0 Å². The lowest BCUT2D eigenvalue weighted by atomic mass is 9.80. The van der Waals surface area contributed by atoms with Gasteiger partial charge in [-0.05, 0) is 24.0 Å². The van der Waals surface area contributed by atoms with E-state index in [1.807, 2.05) is 12.2 Å². The molecule has 3 aliphatic carbocycles. The van der Waals surface area contributed by atoms with E-state index in [0.717, 1.165) is 11.5 Å². The van der Waals surface area contributed by atoms with Gasteiger partial charge in [0.15, 0.2) is 11.6 Å². The summed E-state index contributed by atoms with van der Waals surface area (Å²) < 4.78 is 27.2. The zero-order chi connectivity index (χ0) is 26.1. The second-order valence-corrected chi connectivity index (χ2v) is 9.57. The molecule has 3 unspecified atom stereocenters. The van der Waals surface area contributed by atoms with Crippen molar-refractivity contribution < 1.29 is 43.5 Å². The highest BCUT2D eigenvalue weighted by Gasteiger charge is 2.33. The summed E-state index contributed by atoms with van der Waals surface area (Å²) in [4.78, 5) is 25.2. The molecule has 0 aliphatic heterocycles. The van der Waals surface area contributed by atoms with Gasteiger partial charge in [0.1, 0.15) is 12.4 Å². The number of carbonyl (C=O) groups excluding carboxylic acids is 2. The van der Waals surface area contributed by atoms with E-state index in [2.05, 4.69) is 0 Å². The van der Waals surface area contributed by atoms with Gasteiger partial charge >= 0.3 is 0 Å². The van der Waals surface area contributed by atoms with Crippen LogP contribution in [0.3, 0.4) is 0 Å². The van der Waals surface area contributed by atoms with E-state index in [1.165, 1.54) is 0 Å². The number of hydrogen-bond acceptors (Lipinski definition) is 9. The highest BCUT2D eigenvalue weighted by molar-refractivity contribution is 6.02. The highest BCUT2D eigenvalue weighted by atomic mass is 16.5. The van der Waals surface area contributed by atoms with Crippen molar-refractivity contribution in [3.8, 4) is 0 Å². The molecular formula is C27H38O9. The van der Waals surface area contributed by atoms with Gasteiger partial charge in [-0.15, -0.1) is 0 Å². The molecule has 3 rings (SSSR count). The fraction of sp³-hybridized carbons (Fsp3) is 0.630. The monoisotopic (exact) mass is 506 g/mol. The molecular weight excluding hydrogens is 468 g/mol. The smallest absolute Gasteiger partial charge is 0.162 e. The number of rotatable bonds is 13. The molecule has 9 heteroatoms. The van der Waals surface area contributed by atoms with Crippen LogP contribution in [0.25, 0.3) is 0 Å². The molecule has 0 amide bonds. The average Bonchev–Trinajstić information content (AvgIpc) is 2.83. The third-order valence-electron chi connectivity index (χ3n) is 6.68. The molecule has 3 aliphatic rings. The van der Waals surface area contributed by atoms with Gasteiger partial charge in [0.25, 0.3) is 0 Å². The van der Waals surface area contributed by atoms with Crippen LogP contribution in [0.15, 0.2) is 46.3 Å². The summed E-state index contributed by atoms with van der Waals surface area (Å²) in [6.07, 6.45) is 5.69. The number of aliphatic hydroxyl groups excluding tert-OH is 2. The van der Waals surface area contributed by atoms with Crippen LogP contribution in [0.4, 0.5) is 0 Å². The summed E-state index contributed by atoms with van der Waals surface area (Å²) in [5.41, 5.74) is 0.437. The van der Waals surface area contributed by atoms with Crippen molar-refractivity contribution in [1.29, 1.82) is 0 Å². The molecule has 3 atom stereocenters. The van der Waals surface area contributed by atoms with Crippen molar-refractivity contribution in [2.24, 2.45) is 17.8 Å². The number of carbonyl (C=O) groups is 2. The van der Waals surface area contributed by atoms with E-state index in [1.54, 1.807) is 21.3 Å². The number of ketones is 2. The summed E-state index contributed by atoms with van der Waals surface area (Å²) in [5, 5.41) is 20.9. The number of allylic oxidation sites excluding steroid dienone is 4. The first-order valence-electron chi connectivity index (χ1n) is 12.4. The minimum Gasteiger partial charge on any atom is -0.512 e. The van der Waals surface area contributed by atoms with Gasteiger partial charge in [0.05, 0.1) is 50.6 Å². The van der Waals surface area contributed by atoms with Gasteiger partial charge in [0, 0.05) is 70.0 Å². The lowest BCUT2D eigenvalue weighted by Crippen LogP contribution is -2.27. The Morgan fingerprint density at radius 2 is 1.36 bits per heavy atom. The molecule has 0 saturated heterocycles. The third-order valence-corrected chi connectivity index (χ3v) is 6.68. The SMILES string of the molecule is COCC1C=C(OC)CC(OCCOCC2CC(=O)C(CC3=C(O)CC(COC)CC3=O)=C(O)C2)=C1. The van der Waals surface area contributed by atoms with E-state index in [-0.39, 0.29) is 71.2 Å². The second kappa shape index (κ2) is 13.6. The first kappa shape index (κ1) is 28.0. The normalized spacial score (nSPS) is 25.1. The number of Topliss-reactive ketones (excluding diaryl/α,β-unsaturated/α-hetero) is 2. The number of ether oxygens (including phenoxy) is 5. The van der Waals surface area contributed by atoms with Crippen LogP contribution in [0, 0.1) is 17.8 Å². The zero-order valence-corrected chi connectivity index (χ0v) is 21.4. The van der Waals surface area contributed by atoms with Crippen molar-refractivity contribution in [3.63, 3.8) is 0 Å². The molecule has 2 N–H and O–H groups in total. The maximum absolute atomic E-state index is 12.7. The summed E-state index contributed by atoms with van der Waals surface area (Å²) >= 11 is 0. The van der Waals surface area contributed by atoms with Crippen LogP contribution in [0.5, 0.6) is 0 Å². The molecule has 36 heavy (non-hydrogen) atoms. The van der Waals surface area contributed by atoms with Gasteiger partial charge in [-0.2, -0.15) is 0 Å². The van der Waals surface area contributed by atoms with Crippen molar-refractivity contribution >= 4 is 11.6 Å². The van der Waals surface area contributed by atoms with Crippen LogP contribution in [0.1, 0.15) is 38.5 Å². The van der Waals surface area contributed by atoms with Gasteiger partial charge in [-0.1, -0.05) is 0 Å². The fourth-order valence-electron chi connectivity index (χ4n) is 4.90. The molecule has 0 spiro atoms. The fourth-order valence-corrected chi connectivity index (χ4v) is 4.90. The van der Waals surface area contributed by atoms with Crippen LogP contribution < -0.4 is 0 Å². The quantitative estimate of drug-likeness (QED) is 0.360. The van der Waals surface area contributed by atoms with Gasteiger partial charge in [0.2, 0.25) is 0 Å². The lowest BCUT2D eigenvalue weighted by Gasteiger charge is -2.26. The zero-order valence-electron chi connectivity index (χ0n) is 21.4. The topological polar surface area (TPSA) is 121 Å². The van der Waals surface area contributed by atoms with E-state index in [0.29, 0.717) is 52.3 Å². The Bertz CT molecular complexity index is 928. The summed E-state index contributed by atoms with van der Waals surface area (Å²) in [5.74, 6) is 1.06. The lowest BCUT2D eigenvalue weighted by molar-refractivity contribution is -0.118. The van der Waals surface area contributed by atoms with Gasteiger partial charge < -0.3 is 33.9 Å². The molecule has 200 valence electrons. The maximum Gasteiger partial charge on any atom is 0.162 e. The highest BCUT2D eigenvalue weighted by Crippen LogP contribution is 2.34. The largest absolute Gasteiger partial charge is 0.512 e. The van der Waals surface area contributed by atoms with E-state index >= 15 is 0 Å². The molecule has 9 nitrogen and oxygen atoms in total. The Balaban J connectivity index is 1.45. The van der Waals surface area contributed by atoms with Gasteiger partial charge in [-0.3, -0.25) is 9.59 Å². The second-order valence-electron chi connectivity index (χ2n) is 9.57. The van der Waals surface area contributed by atoms with Gasteiger partial charge in [-0.25, -0.2) is 0 Å². The minimum atomic E-state index is -0.217. The first-order chi connectivity index (χ1) is 17.3. The van der Waals surface area contributed by atoms with Crippen molar-refractivity contribution in [2.45, 2.75) is 38.5 Å². The van der Waals surface area contributed by atoms with E-state index in [4.69, 9.17) is 23.7 Å². The van der Waals surface area contributed by atoms with E-state index < -0.39 is 0 Å². The molecule has 0 saturated carbocycles. The third kappa shape index (κ3) is 7.69. The first-order valence-corrected chi connectivity index (χ1v) is 12.4. The molecule has 0 aromatic carbocycles. The Labute approximate surface area is 212 Å². The van der Waals surface area contributed by atoms with Crippen molar-refractivity contribution in [2.75, 3.05) is 54.4 Å². The Hall–Kier alpha value is -2.62. The van der Waals surface area contributed by atoms with Crippen molar-refractivity contribution in [3.05, 3.63) is 46.3 Å². The summed E-state index contributed by atoms with van der Waals surface area (Å²) in [7, 11) is 4.84. The number of hydrogen-bond donors (Lipinski definition) is 2. The summed E-state index contributed by atoms with van der Waals surface area (Å²) in [6.45, 7) is 1.95. The molecule has 0 radical (unpaired) electrons.